The van der Waals surface area contributed by atoms with Gasteiger partial charge in [0.15, 0.2) is 8.32 Å². The summed E-state index contributed by atoms with van der Waals surface area (Å²) in [6.45, 7) is 10.5. The maximum absolute atomic E-state index is 5.80. The molecule has 1 heterocycles. The maximum atomic E-state index is 5.80. The summed E-state index contributed by atoms with van der Waals surface area (Å²) in [5.74, 6) is 0. The molecule has 1 saturated heterocycles. The standard InChI is InChI=1S/C11H25NO2Si/c1-4-14-15(2,3)9-5-6-11-10-12-7-8-13-11/h11-12H,4-10H2,1-3H3. The molecule has 0 bridgehead atoms. The van der Waals surface area contributed by atoms with Crippen molar-refractivity contribution in [3.8, 4) is 0 Å². The molecular formula is C11H25NO2Si. The monoisotopic (exact) mass is 231 g/mol. The van der Waals surface area contributed by atoms with E-state index in [-0.39, 0.29) is 0 Å². The summed E-state index contributed by atoms with van der Waals surface area (Å²) in [6, 6.07) is 1.25. The molecule has 0 aromatic heterocycles. The van der Waals surface area contributed by atoms with E-state index in [2.05, 4.69) is 25.3 Å². The van der Waals surface area contributed by atoms with Gasteiger partial charge in [0.25, 0.3) is 0 Å². The lowest BCUT2D eigenvalue weighted by Crippen LogP contribution is -2.38. The lowest BCUT2D eigenvalue weighted by molar-refractivity contribution is 0.0230. The third kappa shape index (κ3) is 5.66. The first-order chi connectivity index (χ1) is 7.14. The van der Waals surface area contributed by atoms with Gasteiger partial charge in [-0.3, -0.25) is 0 Å². The summed E-state index contributed by atoms with van der Waals surface area (Å²) >= 11 is 0. The lowest BCUT2D eigenvalue weighted by atomic mass is 10.2. The number of hydrogen-bond donors (Lipinski definition) is 1. The summed E-state index contributed by atoms with van der Waals surface area (Å²) in [7, 11) is -1.36. The molecule has 1 aliphatic rings. The van der Waals surface area contributed by atoms with E-state index in [9.17, 15) is 0 Å². The van der Waals surface area contributed by atoms with E-state index in [1.165, 1.54) is 18.9 Å². The van der Waals surface area contributed by atoms with Gasteiger partial charge >= 0.3 is 0 Å². The molecule has 1 unspecified atom stereocenters. The Labute approximate surface area is 94.7 Å². The first-order valence-corrected chi connectivity index (χ1v) is 9.22. The van der Waals surface area contributed by atoms with Crippen LogP contribution in [0.25, 0.3) is 0 Å². The Balaban J connectivity index is 2.09. The quantitative estimate of drug-likeness (QED) is 0.709. The van der Waals surface area contributed by atoms with Crippen LogP contribution in [0.3, 0.4) is 0 Å². The summed E-state index contributed by atoms with van der Waals surface area (Å²) in [5.41, 5.74) is 0. The van der Waals surface area contributed by atoms with Crippen molar-refractivity contribution < 1.29 is 9.16 Å². The van der Waals surface area contributed by atoms with Crippen LogP contribution < -0.4 is 5.32 Å². The number of morpholine rings is 1. The minimum Gasteiger partial charge on any atom is -0.418 e. The second-order valence-corrected chi connectivity index (χ2v) is 9.09. The van der Waals surface area contributed by atoms with Crippen molar-refractivity contribution in [3.05, 3.63) is 0 Å². The number of nitrogens with one attached hydrogen (secondary N) is 1. The van der Waals surface area contributed by atoms with Gasteiger partial charge in [0.05, 0.1) is 12.7 Å². The smallest absolute Gasteiger partial charge is 0.186 e. The van der Waals surface area contributed by atoms with Crippen molar-refractivity contribution in [1.82, 2.24) is 5.32 Å². The number of ether oxygens (including phenoxy) is 1. The fourth-order valence-electron chi connectivity index (χ4n) is 2.02. The first-order valence-electron chi connectivity index (χ1n) is 6.10. The molecule has 1 rings (SSSR count). The van der Waals surface area contributed by atoms with Gasteiger partial charge in [-0.25, -0.2) is 0 Å². The molecule has 0 spiro atoms. The number of rotatable bonds is 6. The first kappa shape index (κ1) is 13.2. The fourth-order valence-corrected chi connectivity index (χ4v) is 4.00. The molecule has 4 heteroatoms. The molecule has 0 aromatic rings. The van der Waals surface area contributed by atoms with Crippen LogP contribution in [-0.2, 0) is 9.16 Å². The maximum Gasteiger partial charge on any atom is 0.186 e. The van der Waals surface area contributed by atoms with E-state index in [4.69, 9.17) is 9.16 Å². The second kappa shape index (κ2) is 6.63. The third-order valence-electron chi connectivity index (χ3n) is 2.84. The molecule has 90 valence electrons. The molecule has 0 amide bonds. The Morgan fingerprint density at radius 3 is 2.87 bits per heavy atom. The topological polar surface area (TPSA) is 30.5 Å². The van der Waals surface area contributed by atoms with Crippen LogP contribution in [0.1, 0.15) is 19.8 Å². The molecule has 0 radical (unpaired) electrons. The van der Waals surface area contributed by atoms with Gasteiger partial charge in [0.1, 0.15) is 0 Å². The normalized spacial score (nSPS) is 23.0. The molecule has 3 nitrogen and oxygen atoms in total. The molecule has 0 aromatic carbocycles. The molecule has 1 fully saturated rings. The Bertz CT molecular complexity index is 170. The molecular weight excluding hydrogens is 206 g/mol. The average Bonchev–Trinajstić information content (AvgIpc) is 2.19. The molecule has 0 saturated carbocycles. The van der Waals surface area contributed by atoms with Crippen LogP contribution in [-0.4, -0.2) is 40.7 Å². The van der Waals surface area contributed by atoms with E-state index < -0.39 is 8.32 Å². The van der Waals surface area contributed by atoms with Crippen LogP contribution >= 0.6 is 0 Å². The van der Waals surface area contributed by atoms with Crippen LogP contribution in [0.4, 0.5) is 0 Å². The highest BCUT2D eigenvalue weighted by Gasteiger charge is 2.22. The minimum absolute atomic E-state index is 0.435. The van der Waals surface area contributed by atoms with E-state index >= 15 is 0 Å². The molecule has 0 aliphatic carbocycles. The Kier molecular flexibility index (Phi) is 5.82. The van der Waals surface area contributed by atoms with Gasteiger partial charge in [0, 0.05) is 19.7 Å². The van der Waals surface area contributed by atoms with Crippen molar-refractivity contribution >= 4 is 8.32 Å². The van der Waals surface area contributed by atoms with Gasteiger partial charge in [-0.2, -0.15) is 0 Å². The predicted molar refractivity (Wildman–Crippen MR) is 65.8 cm³/mol. The Morgan fingerprint density at radius 1 is 1.47 bits per heavy atom. The zero-order valence-corrected chi connectivity index (χ0v) is 11.3. The lowest BCUT2D eigenvalue weighted by Gasteiger charge is -2.26. The van der Waals surface area contributed by atoms with Crippen LogP contribution in [0.2, 0.25) is 19.1 Å². The zero-order valence-electron chi connectivity index (χ0n) is 10.3. The minimum atomic E-state index is -1.36. The highest BCUT2D eigenvalue weighted by atomic mass is 28.4. The molecule has 1 atom stereocenters. The fraction of sp³-hybridized carbons (Fsp3) is 1.00. The van der Waals surface area contributed by atoms with Gasteiger partial charge in [0.2, 0.25) is 0 Å². The third-order valence-corrected chi connectivity index (χ3v) is 5.47. The van der Waals surface area contributed by atoms with Crippen LogP contribution in [0, 0.1) is 0 Å². The van der Waals surface area contributed by atoms with Crippen molar-refractivity contribution in [3.63, 3.8) is 0 Å². The van der Waals surface area contributed by atoms with Gasteiger partial charge in [-0.15, -0.1) is 0 Å². The van der Waals surface area contributed by atoms with Crippen LogP contribution in [0.15, 0.2) is 0 Å². The van der Waals surface area contributed by atoms with Crippen molar-refractivity contribution in [2.75, 3.05) is 26.3 Å². The van der Waals surface area contributed by atoms with E-state index in [0.717, 1.165) is 26.3 Å². The van der Waals surface area contributed by atoms with Crippen LogP contribution in [0.5, 0.6) is 0 Å². The Hall–Kier alpha value is 0.0969. The Morgan fingerprint density at radius 2 is 2.27 bits per heavy atom. The zero-order chi connectivity index (χ0) is 11.1. The van der Waals surface area contributed by atoms with Crippen molar-refractivity contribution in [1.29, 1.82) is 0 Å². The highest BCUT2D eigenvalue weighted by Crippen LogP contribution is 2.17. The summed E-state index contributed by atoms with van der Waals surface area (Å²) in [5, 5.41) is 3.36. The van der Waals surface area contributed by atoms with E-state index in [1.807, 2.05) is 0 Å². The summed E-state index contributed by atoms with van der Waals surface area (Å²) in [6.07, 6.45) is 2.85. The molecule has 15 heavy (non-hydrogen) atoms. The second-order valence-electron chi connectivity index (χ2n) is 4.78. The van der Waals surface area contributed by atoms with Gasteiger partial charge in [-0.05, 0) is 32.5 Å². The average molecular weight is 231 g/mol. The highest BCUT2D eigenvalue weighted by molar-refractivity contribution is 6.71. The predicted octanol–water partition coefficient (Wildman–Crippen LogP) is 2.00. The van der Waals surface area contributed by atoms with Gasteiger partial charge < -0.3 is 14.5 Å². The largest absolute Gasteiger partial charge is 0.418 e. The van der Waals surface area contributed by atoms with E-state index in [0.29, 0.717) is 6.10 Å². The van der Waals surface area contributed by atoms with E-state index in [1.54, 1.807) is 0 Å². The number of hydrogen-bond acceptors (Lipinski definition) is 3. The van der Waals surface area contributed by atoms with Crippen molar-refractivity contribution in [2.45, 2.75) is 45.0 Å². The molecule has 1 aliphatic heterocycles. The van der Waals surface area contributed by atoms with Crippen molar-refractivity contribution in [2.24, 2.45) is 0 Å². The molecule has 1 N–H and O–H groups in total. The summed E-state index contributed by atoms with van der Waals surface area (Å²) < 4.78 is 11.5. The van der Waals surface area contributed by atoms with Gasteiger partial charge in [-0.1, -0.05) is 6.42 Å². The summed E-state index contributed by atoms with van der Waals surface area (Å²) in [4.78, 5) is 0. The SMILES string of the molecule is CCO[Si](C)(C)CCCC1CNCCO1.